The van der Waals surface area contributed by atoms with Crippen molar-refractivity contribution in [1.82, 2.24) is 9.13 Å². The van der Waals surface area contributed by atoms with Crippen LogP contribution in [0, 0.1) is 16.7 Å². The standard InChI is InChI=1S/C14H17N3O/c1-14(2,10-15)8-9-17-12-7-5-4-6-11(12)16(3)13(17)18/h4-7H,8-9H2,1-3H3. The predicted octanol–water partition coefficient (Wildman–Crippen LogP) is 2.28. The molecule has 2 rings (SSSR count). The van der Waals surface area contributed by atoms with Gasteiger partial charge in [-0.3, -0.25) is 9.13 Å². The van der Waals surface area contributed by atoms with E-state index in [1.807, 2.05) is 38.1 Å². The number of hydrogen-bond donors (Lipinski definition) is 0. The molecule has 18 heavy (non-hydrogen) atoms. The molecule has 1 heterocycles. The molecule has 4 nitrogen and oxygen atoms in total. The minimum Gasteiger partial charge on any atom is -0.295 e. The summed E-state index contributed by atoms with van der Waals surface area (Å²) in [6.07, 6.45) is 0.664. The molecule has 0 aliphatic carbocycles. The van der Waals surface area contributed by atoms with E-state index in [0.29, 0.717) is 13.0 Å². The Morgan fingerprint density at radius 1 is 1.28 bits per heavy atom. The summed E-state index contributed by atoms with van der Waals surface area (Å²) in [5.74, 6) is 0. The first-order valence-corrected chi connectivity index (χ1v) is 6.02. The topological polar surface area (TPSA) is 50.7 Å². The number of fused-ring (bicyclic) bond motifs is 1. The summed E-state index contributed by atoms with van der Waals surface area (Å²) >= 11 is 0. The molecule has 94 valence electrons. The maximum Gasteiger partial charge on any atom is 0.328 e. The lowest BCUT2D eigenvalue weighted by Crippen LogP contribution is -2.24. The summed E-state index contributed by atoms with van der Waals surface area (Å²) in [6, 6.07) is 9.98. The number of imidazole rings is 1. The van der Waals surface area contributed by atoms with Crippen LogP contribution in [0.3, 0.4) is 0 Å². The van der Waals surface area contributed by atoms with E-state index in [0.717, 1.165) is 11.0 Å². The van der Waals surface area contributed by atoms with Gasteiger partial charge in [0.1, 0.15) is 0 Å². The number of rotatable bonds is 3. The van der Waals surface area contributed by atoms with E-state index in [1.54, 1.807) is 16.2 Å². The third-order valence-corrected chi connectivity index (χ3v) is 3.31. The molecule has 4 heteroatoms. The minimum absolute atomic E-state index is 0.0232. The second-order valence-corrected chi connectivity index (χ2v) is 5.23. The summed E-state index contributed by atoms with van der Waals surface area (Å²) in [5, 5.41) is 9.02. The predicted molar refractivity (Wildman–Crippen MR) is 71.2 cm³/mol. The van der Waals surface area contributed by atoms with E-state index in [2.05, 4.69) is 6.07 Å². The van der Waals surface area contributed by atoms with E-state index in [4.69, 9.17) is 5.26 Å². The fourth-order valence-corrected chi connectivity index (χ4v) is 2.03. The van der Waals surface area contributed by atoms with Crippen LogP contribution in [0.2, 0.25) is 0 Å². The molecule has 0 saturated carbocycles. The number of aryl methyl sites for hydroxylation is 2. The number of aromatic nitrogens is 2. The van der Waals surface area contributed by atoms with Crippen LogP contribution in [0.25, 0.3) is 11.0 Å². The average molecular weight is 243 g/mol. The summed E-state index contributed by atoms with van der Waals surface area (Å²) in [7, 11) is 1.77. The lowest BCUT2D eigenvalue weighted by molar-refractivity contribution is 0.412. The van der Waals surface area contributed by atoms with Gasteiger partial charge in [0.05, 0.1) is 22.5 Å². The van der Waals surface area contributed by atoms with E-state index in [-0.39, 0.29) is 5.69 Å². The normalized spacial score (nSPS) is 11.7. The SMILES string of the molecule is Cn1c(=O)n(CCC(C)(C)C#N)c2ccccc21. The molecule has 0 aliphatic rings. The van der Waals surface area contributed by atoms with Crippen LogP contribution in [0.4, 0.5) is 0 Å². The highest BCUT2D eigenvalue weighted by Gasteiger charge is 2.18. The van der Waals surface area contributed by atoms with Gasteiger partial charge in [0.2, 0.25) is 0 Å². The average Bonchev–Trinajstić information content (AvgIpc) is 2.61. The number of nitriles is 1. The zero-order chi connectivity index (χ0) is 13.3. The van der Waals surface area contributed by atoms with Crippen LogP contribution in [0.5, 0.6) is 0 Å². The van der Waals surface area contributed by atoms with E-state index in [1.165, 1.54) is 0 Å². The van der Waals surface area contributed by atoms with E-state index < -0.39 is 5.41 Å². The Hall–Kier alpha value is -2.02. The van der Waals surface area contributed by atoms with Gasteiger partial charge in [0.25, 0.3) is 0 Å². The van der Waals surface area contributed by atoms with Gasteiger partial charge in [-0.2, -0.15) is 5.26 Å². The maximum atomic E-state index is 12.1. The molecule has 0 bridgehead atoms. The molecule has 0 radical (unpaired) electrons. The van der Waals surface area contributed by atoms with Gasteiger partial charge < -0.3 is 0 Å². The second kappa shape index (κ2) is 4.34. The van der Waals surface area contributed by atoms with Crippen molar-refractivity contribution in [1.29, 1.82) is 5.26 Å². The number of benzene rings is 1. The highest BCUT2D eigenvalue weighted by Crippen LogP contribution is 2.20. The van der Waals surface area contributed by atoms with Gasteiger partial charge in [0.15, 0.2) is 0 Å². The van der Waals surface area contributed by atoms with Crippen LogP contribution in [-0.4, -0.2) is 9.13 Å². The molecule has 1 aromatic heterocycles. The highest BCUT2D eigenvalue weighted by molar-refractivity contribution is 5.75. The quantitative estimate of drug-likeness (QED) is 0.830. The summed E-state index contributed by atoms with van der Waals surface area (Å²) in [6.45, 7) is 4.35. The molecule has 2 aromatic rings. The smallest absolute Gasteiger partial charge is 0.295 e. The molecular formula is C14H17N3O. The first kappa shape index (κ1) is 12.4. The van der Waals surface area contributed by atoms with Crippen molar-refractivity contribution < 1.29 is 0 Å². The molecule has 0 amide bonds. The Kier molecular flexibility index (Phi) is 3.00. The van der Waals surface area contributed by atoms with Gasteiger partial charge in [-0.25, -0.2) is 4.79 Å². The monoisotopic (exact) mass is 243 g/mol. The van der Waals surface area contributed by atoms with Gasteiger partial charge in [-0.15, -0.1) is 0 Å². The molecule has 0 unspecified atom stereocenters. The van der Waals surface area contributed by atoms with Crippen LogP contribution < -0.4 is 5.69 Å². The van der Waals surface area contributed by atoms with E-state index >= 15 is 0 Å². The van der Waals surface area contributed by atoms with Crippen LogP contribution in [-0.2, 0) is 13.6 Å². The fourth-order valence-electron chi connectivity index (χ4n) is 2.03. The summed E-state index contributed by atoms with van der Waals surface area (Å²) in [4.78, 5) is 12.1. The first-order valence-electron chi connectivity index (χ1n) is 6.02. The van der Waals surface area contributed by atoms with Crippen LogP contribution in [0.15, 0.2) is 29.1 Å². The Morgan fingerprint density at radius 2 is 1.89 bits per heavy atom. The van der Waals surface area contributed by atoms with Crippen molar-refractivity contribution in [2.24, 2.45) is 12.5 Å². The lowest BCUT2D eigenvalue weighted by Gasteiger charge is -2.14. The molecule has 0 saturated heterocycles. The van der Waals surface area contributed by atoms with Crippen molar-refractivity contribution in [2.45, 2.75) is 26.8 Å². The second-order valence-electron chi connectivity index (χ2n) is 5.23. The van der Waals surface area contributed by atoms with Gasteiger partial charge in [0, 0.05) is 13.6 Å². The van der Waals surface area contributed by atoms with Crippen molar-refractivity contribution >= 4 is 11.0 Å². The van der Waals surface area contributed by atoms with Crippen LogP contribution >= 0.6 is 0 Å². The van der Waals surface area contributed by atoms with Gasteiger partial charge >= 0.3 is 5.69 Å². The fraction of sp³-hybridized carbons (Fsp3) is 0.429. The van der Waals surface area contributed by atoms with Crippen molar-refractivity contribution in [2.75, 3.05) is 0 Å². The lowest BCUT2D eigenvalue weighted by atomic mass is 9.91. The summed E-state index contributed by atoms with van der Waals surface area (Å²) in [5.41, 5.74) is 1.43. The zero-order valence-electron chi connectivity index (χ0n) is 11.0. The van der Waals surface area contributed by atoms with Crippen molar-refractivity contribution in [3.63, 3.8) is 0 Å². The number of hydrogen-bond acceptors (Lipinski definition) is 2. The number of para-hydroxylation sites is 2. The largest absolute Gasteiger partial charge is 0.328 e. The maximum absolute atomic E-state index is 12.1. The zero-order valence-corrected chi connectivity index (χ0v) is 11.0. The Bertz CT molecular complexity index is 670. The third-order valence-electron chi connectivity index (χ3n) is 3.31. The highest BCUT2D eigenvalue weighted by atomic mass is 16.1. The molecule has 1 aromatic carbocycles. The first-order chi connectivity index (χ1) is 8.46. The minimum atomic E-state index is -0.406. The van der Waals surface area contributed by atoms with Gasteiger partial charge in [-0.05, 0) is 32.4 Å². The summed E-state index contributed by atoms with van der Waals surface area (Å²) < 4.78 is 3.39. The Morgan fingerprint density at radius 3 is 2.50 bits per heavy atom. The Labute approximate surface area is 106 Å². The molecule has 0 aliphatic heterocycles. The molecule has 0 N–H and O–H groups in total. The molecule has 0 atom stereocenters. The number of nitrogens with zero attached hydrogens (tertiary/aromatic N) is 3. The Balaban J connectivity index is 2.44. The third kappa shape index (κ3) is 2.04. The van der Waals surface area contributed by atoms with E-state index in [9.17, 15) is 4.79 Å². The van der Waals surface area contributed by atoms with Crippen molar-refractivity contribution in [3.8, 4) is 6.07 Å². The van der Waals surface area contributed by atoms with Crippen LogP contribution in [0.1, 0.15) is 20.3 Å². The molecule has 0 spiro atoms. The molecule has 0 fully saturated rings. The van der Waals surface area contributed by atoms with Crippen molar-refractivity contribution in [3.05, 3.63) is 34.7 Å². The molecular weight excluding hydrogens is 226 g/mol. The van der Waals surface area contributed by atoms with Gasteiger partial charge in [-0.1, -0.05) is 12.1 Å².